The van der Waals surface area contributed by atoms with Crippen LogP contribution in [0.15, 0.2) is 0 Å². The number of nitrogens with one attached hydrogen (secondary N) is 2. The quantitative estimate of drug-likeness (QED) is 0.741. The lowest BCUT2D eigenvalue weighted by Gasteiger charge is -2.32. The Kier molecular flexibility index (Phi) is 5.01. The summed E-state index contributed by atoms with van der Waals surface area (Å²) in [5, 5.41) is 6.57. The van der Waals surface area contributed by atoms with Crippen LogP contribution in [0.4, 0.5) is 0 Å². The Hall–Kier alpha value is -0.610. The number of carbonyl (C=O) groups is 1. The van der Waals surface area contributed by atoms with Crippen molar-refractivity contribution in [2.45, 2.75) is 51.6 Å². The van der Waals surface area contributed by atoms with Crippen molar-refractivity contribution in [2.24, 2.45) is 5.92 Å². The minimum atomic E-state index is 0.219. The summed E-state index contributed by atoms with van der Waals surface area (Å²) in [4.78, 5) is 14.0. The predicted molar refractivity (Wildman–Crippen MR) is 73.5 cm³/mol. The molecule has 0 radical (unpaired) electrons. The van der Waals surface area contributed by atoms with Crippen LogP contribution in [0.1, 0.15) is 39.5 Å². The molecule has 18 heavy (non-hydrogen) atoms. The van der Waals surface area contributed by atoms with Gasteiger partial charge in [0.2, 0.25) is 5.91 Å². The van der Waals surface area contributed by atoms with Crippen molar-refractivity contribution < 1.29 is 4.79 Å². The van der Waals surface area contributed by atoms with Crippen molar-refractivity contribution in [2.75, 3.05) is 26.2 Å². The van der Waals surface area contributed by atoms with Gasteiger partial charge in [-0.15, -0.1) is 0 Å². The highest BCUT2D eigenvalue weighted by Crippen LogP contribution is 2.19. The lowest BCUT2D eigenvalue weighted by Crippen LogP contribution is -2.43. The maximum atomic E-state index is 11.7. The van der Waals surface area contributed by atoms with Crippen LogP contribution in [0.2, 0.25) is 0 Å². The molecule has 0 spiro atoms. The van der Waals surface area contributed by atoms with Crippen LogP contribution in [0.25, 0.3) is 0 Å². The summed E-state index contributed by atoms with van der Waals surface area (Å²) >= 11 is 0. The number of carbonyl (C=O) groups excluding carboxylic acids is 1. The lowest BCUT2D eigenvalue weighted by molar-refractivity contribution is -0.122. The van der Waals surface area contributed by atoms with Gasteiger partial charge in [-0.2, -0.15) is 0 Å². The van der Waals surface area contributed by atoms with Gasteiger partial charge in [-0.05, 0) is 51.2 Å². The Labute approximate surface area is 110 Å². The van der Waals surface area contributed by atoms with Crippen molar-refractivity contribution in [3.8, 4) is 0 Å². The second kappa shape index (κ2) is 6.53. The first-order valence-corrected chi connectivity index (χ1v) is 7.38. The Morgan fingerprint density at radius 3 is 2.44 bits per heavy atom. The first-order valence-electron chi connectivity index (χ1n) is 7.38. The molecule has 0 aromatic rings. The molecule has 4 heteroatoms. The van der Waals surface area contributed by atoms with Gasteiger partial charge in [0.15, 0.2) is 0 Å². The zero-order chi connectivity index (χ0) is 13.0. The van der Waals surface area contributed by atoms with E-state index >= 15 is 0 Å². The summed E-state index contributed by atoms with van der Waals surface area (Å²) in [5.41, 5.74) is 0. The second-order valence-corrected chi connectivity index (χ2v) is 6.12. The highest BCUT2D eigenvalue weighted by atomic mass is 16.2. The molecule has 2 fully saturated rings. The molecule has 0 aromatic heterocycles. The molecule has 0 atom stereocenters. The van der Waals surface area contributed by atoms with Crippen LogP contribution in [-0.2, 0) is 4.79 Å². The third-order valence-corrected chi connectivity index (χ3v) is 3.83. The average molecular weight is 253 g/mol. The number of nitrogens with zero attached hydrogens (tertiary/aromatic N) is 1. The zero-order valence-corrected chi connectivity index (χ0v) is 11.7. The Morgan fingerprint density at radius 2 is 1.89 bits per heavy atom. The molecule has 1 aliphatic carbocycles. The van der Waals surface area contributed by atoms with E-state index in [1.54, 1.807) is 0 Å². The first-order chi connectivity index (χ1) is 8.63. The standard InChI is InChI=1S/C14H27N3O/c1-11(2)15-9-12-5-7-17(8-6-12)10-14(18)16-13-3-4-13/h11-13,15H,3-10H2,1-2H3,(H,16,18). The van der Waals surface area contributed by atoms with E-state index in [2.05, 4.69) is 29.4 Å². The van der Waals surface area contributed by atoms with Crippen LogP contribution >= 0.6 is 0 Å². The molecule has 0 aromatic carbocycles. The Balaban J connectivity index is 1.58. The minimum Gasteiger partial charge on any atom is -0.352 e. The van der Waals surface area contributed by atoms with Crippen LogP contribution < -0.4 is 10.6 Å². The van der Waals surface area contributed by atoms with Gasteiger partial charge in [0.1, 0.15) is 0 Å². The van der Waals surface area contributed by atoms with E-state index in [-0.39, 0.29) is 5.91 Å². The van der Waals surface area contributed by atoms with Crippen molar-refractivity contribution in [3.63, 3.8) is 0 Å². The molecule has 2 aliphatic rings. The van der Waals surface area contributed by atoms with E-state index in [4.69, 9.17) is 0 Å². The number of likely N-dealkylation sites (tertiary alicyclic amines) is 1. The summed E-state index contributed by atoms with van der Waals surface area (Å²) in [7, 11) is 0. The zero-order valence-electron chi connectivity index (χ0n) is 11.7. The SMILES string of the molecule is CC(C)NCC1CCN(CC(=O)NC2CC2)CC1. The number of rotatable bonds is 6. The average Bonchev–Trinajstić information content (AvgIpc) is 3.12. The van der Waals surface area contributed by atoms with E-state index < -0.39 is 0 Å². The molecule has 1 aliphatic heterocycles. The molecule has 0 unspecified atom stereocenters. The van der Waals surface area contributed by atoms with E-state index in [1.165, 1.54) is 25.7 Å². The number of piperidine rings is 1. The third kappa shape index (κ3) is 4.94. The molecule has 2 rings (SSSR count). The van der Waals surface area contributed by atoms with Crippen molar-refractivity contribution in [3.05, 3.63) is 0 Å². The molecule has 1 heterocycles. The molecule has 2 N–H and O–H groups in total. The summed E-state index contributed by atoms with van der Waals surface area (Å²) in [6.45, 7) is 8.25. The molecule has 1 saturated heterocycles. The molecular formula is C14H27N3O. The smallest absolute Gasteiger partial charge is 0.234 e. The third-order valence-electron chi connectivity index (χ3n) is 3.83. The number of hydrogen-bond donors (Lipinski definition) is 2. The van der Waals surface area contributed by atoms with Gasteiger partial charge in [-0.25, -0.2) is 0 Å². The van der Waals surface area contributed by atoms with Crippen LogP contribution in [-0.4, -0.2) is 49.1 Å². The molecule has 1 amide bonds. The van der Waals surface area contributed by atoms with Crippen molar-refractivity contribution in [1.82, 2.24) is 15.5 Å². The van der Waals surface area contributed by atoms with Crippen LogP contribution in [0, 0.1) is 5.92 Å². The van der Waals surface area contributed by atoms with Gasteiger partial charge in [-0.1, -0.05) is 13.8 Å². The summed E-state index contributed by atoms with van der Waals surface area (Å²) in [5.74, 6) is 1.01. The lowest BCUT2D eigenvalue weighted by atomic mass is 9.96. The van der Waals surface area contributed by atoms with Gasteiger partial charge < -0.3 is 10.6 Å². The fourth-order valence-corrected chi connectivity index (χ4v) is 2.46. The van der Waals surface area contributed by atoms with Gasteiger partial charge in [0.25, 0.3) is 0 Å². The number of amides is 1. The molecule has 104 valence electrons. The summed E-state index contributed by atoms with van der Waals surface area (Å²) < 4.78 is 0. The fourth-order valence-electron chi connectivity index (χ4n) is 2.46. The van der Waals surface area contributed by atoms with Crippen LogP contribution in [0.3, 0.4) is 0 Å². The highest BCUT2D eigenvalue weighted by Gasteiger charge is 2.25. The summed E-state index contributed by atoms with van der Waals surface area (Å²) in [6, 6.07) is 1.07. The molecule has 4 nitrogen and oxygen atoms in total. The predicted octanol–water partition coefficient (Wildman–Crippen LogP) is 0.975. The van der Waals surface area contributed by atoms with E-state index in [9.17, 15) is 4.79 Å². The Morgan fingerprint density at radius 1 is 1.22 bits per heavy atom. The van der Waals surface area contributed by atoms with Gasteiger partial charge >= 0.3 is 0 Å². The van der Waals surface area contributed by atoms with Gasteiger partial charge in [0.05, 0.1) is 6.54 Å². The largest absolute Gasteiger partial charge is 0.352 e. The van der Waals surface area contributed by atoms with E-state index in [0.29, 0.717) is 18.6 Å². The Bertz CT molecular complexity index is 268. The monoisotopic (exact) mass is 253 g/mol. The fraction of sp³-hybridized carbons (Fsp3) is 0.929. The molecule has 1 saturated carbocycles. The maximum Gasteiger partial charge on any atom is 0.234 e. The van der Waals surface area contributed by atoms with Crippen LogP contribution in [0.5, 0.6) is 0 Å². The topological polar surface area (TPSA) is 44.4 Å². The highest BCUT2D eigenvalue weighted by molar-refractivity contribution is 5.78. The summed E-state index contributed by atoms with van der Waals surface area (Å²) in [6.07, 6.45) is 4.79. The van der Waals surface area contributed by atoms with Crippen molar-refractivity contribution in [1.29, 1.82) is 0 Å². The maximum absolute atomic E-state index is 11.7. The second-order valence-electron chi connectivity index (χ2n) is 6.12. The van der Waals surface area contributed by atoms with Crippen molar-refractivity contribution >= 4 is 5.91 Å². The minimum absolute atomic E-state index is 0.219. The molecular weight excluding hydrogens is 226 g/mol. The van der Waals surface area contributed by atoms with Gasteiger partial charge in [-0.3, -0.25) is 9.69 Å². The number of hydrogen-bond acceptors (Lipinski definition) is 3. The molecule has 0 bridgehead atoms. The van der Waals surface area contributed by atoms with E-state index in [1.807, 2.05) is 0 Å². The van der Waals surface area contributed by atoms with E-state index in [0.717, 1.165) is 25.6 Å². The first kappa shape index (κ1) is 13.8. The normalized spacial score (nSPS) is 22.4. The van der Waals surface area contributed by atoms with Gasteiger partial charge in [0, 0.05) is 12.1 Å².